The molecule has 0 aliphatic carbocycles. The SMILES string of the molecule is C[C@H](Oc1ccc2c(c1)OCO2)C(=O)Nc1ccncc1. The summed E-state index contributed by atoms with van der Waals surface area (Å²) in [6.07, 6.45) is 2.58. The van der Waals surface area contributed by atoms with Gasteiger partial charge in [0.15, 0.2) is 17.6 Å². The molecule has 1 aromatic heterocycles. The van der Waals surface area contributed by atoms with Crippen molar-refractivity contribution in [3.8, 4) is 17.2 Å². The Bertz CT molecular complexity index is 645. The molecule has 2 heterocycles. The highest BCUT2D eigenvalue weighted by Gasteiger charge is 2.18. The van der Waals surface area contributed by atoms with Gasteiger partial charge in [-0.1, -0.05) is 0 Å². The van der Waals surface area contributed by atoms with E-state index in [0.29, 0.717) is 22.9 Å². The predicted molar refractivity (Wildman–Crippen MR) is 75.5 cm³/mol. The van der Waals surface area contributed by atoms with E-state index >= 15 is 0 Å². The number of nitrogens with one attached hydrogen (secondary N) is 1. The van der Waals surface area contributed by atoms with E-state index in [1.807, 2.05) is 0 Å². The fourth-order valence-electron chi connectivity index (χ4n) is 1.89. The quantitative estimate of drug-likeness (QED) is 0.933. The second-order valence-electron chi connectivity index (χ2n) is 4.50. The number of ether oxygens (including phenoxy) is 3. The Balaban J connectivity index is 1.63. The first-order valence-corrected chi connectivity index (χ1v) is 6.49. The average molecular weight is 286 g/mol. The van der Waals surface area contributed by atoms with Crippen molar-refractivity contribution in [3.63, 3.8) is 0 Å². The first-order chi connectivity index (χ1) is 10.2. The van der Waals surface area contributed by atoms with Crippen LogP contribution in [0, 0.1) is 0 Å². The second-order valence-corrected chi connectivity index (χ2v) is 4.50. The number of anilines is 1. The standard InChI is InChI=1S/C15H14N2O4/c1-10(15(18)17-11-4-6-16-7-5-11)21-12-2-3-13-14(8-12)20-9-19-13/h2-8,10H,9H2,1H3,(H,16,17,18)/t10-/m0/s1. The first-order valence-electron chi connectivity index (χ1n) is 6.49. The first kappa shape index (κ1) is 13.2. The van der Waals surface area contributed by atoms with Crippen LogP contribution in [0.15, 0.2) is 42.7 Å². The van der Waals surface area contributed by atoms with E-state index in [9.17, 15) is 4.79 Å². The van der Waals surface area contributed by atoms with Crippen molar-refractivity contribution in [1.82, 2.24) is 4.98 Å². The number of pyridine rings is 1. The average Bonchev–Trinajstić information content (AvgIpc) is 2.95. The van der Waals surface area contributed by atoms with Crippen LogP contribution in [-0.4, -0.2) is 23.8 Å². The summed E-state index contributed by atoms with van der Waals surface area (Å²) in [4.78, 5) is 15.9. The molecule has 1 aromatic carbocycles. The third kappa shape index (κ3) is 3.05. The number of amides is 1. The van der Waals surface area contributed by atoms with Gasteiger partial charge in [0.2, 0.25) is 6.79 Å². The molecule has 1 aliphatic rings. The summed E-state index contributed by atoms with van der Waals surface area (Å²) < 4.78 is 16.1. The van der Waals surface area contributed by atoms with Gasteiger partial charge >= 0.3 is 0 Å². The number of carbonyl (C=O) groups is 1. The molecule has 1 amide bonds. The minimum atomic E-state index is -0.640. The normalized spacial score (nSPS) is 13.6. The number of hydrogen-bond acceptors (Lipinski definition) is 5. The fraction of sp³-hybridized carbons (Fsp3) is 0.200. The zero-order valence-electron chi connectivity index (χ0n) is 11.4. The van der Waals surface area contributed by atoms with E-state index in [1.165, 1.54) is 0 Å². The Morgan fingerprint density at radius 2 is 2.00 bits per heavy atom. The number of benzene rings is 1. The van der Waals surface area contributed by atoms with Crippen LogP contribution in [0.3, 0.4) is 0 Å². The molecule has 6 nitrogen and oxygen atoms in total. The minimum Gasteiger partial charge on any atom is -0.481 e. The predicted octanol–water partition coefficient (Wildman–Crippen LogP) is 2.22. The van der Waals surface area contributed by atoms with Crippen LogP contribution < -0.4 is 19.5 Å². The maximum Gasteiger partial charge on any atom is 0.265 e. The summed E-state index contributed by atoms with van der Waals surface area (Å²) in [5, 5.41) is 2.75. The smallest absolute Gasteiger partial charge is 0.265 e. The Labute approximate surface area is 121 Å². The molecule has 0 saturated carbocycles. The van der Waals surface area contributed by atoms with E-state index in [1.54, 1.807) is 49.6 Å². The van der Waals surface area contributed by atoms with Crippen molar-refractivity contribution < 1.29 is 19.0 Å². The fourth-order valence-corrected chi connectivity index (χ4v) is 1.89. The van der Waals surface area contributed by atoms with Crippen LogP contribution in [0.2, 0.25) is 0 Å². The van der Waals surface area contributed by atoms with Gasteiger partial charge in [-0.2, -0.15) is 0 Å². The van der Waals surface area contributed by atoms with Crippen molar-refractivity contribution in [3.05, 3.63) is 42.7 Å². The number of carbonyl (C=O) groups excluding carboxylic acids is 1. The van der Waals surface area contributed by atoms with Gasteiger partial charge in [-0.05, 0) is 31.2 Å². The topological polar surface area (TPSA) is 69.7 Å². The highest BCUT2D eigenvalue weighted by Crippen LogP contribution is 2.35. The molecule has 6 heteroatoms. The maximum absolute atomic E-state index is 12.0. The maximum atomic E-state index is 12.0. The molecule has 3 rings (SSSR count). The van der Waals surface area contributed by atoms with Gasteiger partial charge in [-0.15, -0.1) is 0 Å². The number of aromatic nitrogens is 1. The molecule has 108 valence electrons. The molecule has 1 N–H and O–H groups in total. The van der Waals surface area contributed by atoms with Crippen molar-refractivity contribution in [2.45, 2.75) is 13.0 Å². The highest BCUT2D eigenvalue weighted by atomic mass is 16.7. The van der Waals surface area contributed by atoms with Gasteiger partial charge < -0.3 is 19.5 Å². The summed E-state index contributed by atoms with van der Waals surface area (Å²) in [6.45, 7) is 1.89. The number of hydrogen-bond donors (Lipinski definition) is 1. The molecule has 0 saturated heterocycles. The number of fused-ring (bicyclic) bond motifs is 1. The van der Waals surface area contributed by atoms with E-state index in [-0.39, 0.29) is 12.7 Å². The Hall–Kier alpha value is -2.76. The largest absolute Gasteiger partial charge is 0.481 e. The third-order valence-corrected chi connectivity index (χ3v) is 2.97. The molecular formula is C15H14N2O4. The molecule has 0 bridgehead atoms. The Morgan fingerprint density at radius 1 is 1.24 bits per heavy atom. The third-order valence-electron chi connectivity index (χ3n) is 2.97. The molecule has 1 atom stereocenters. The van der Waals surface area contributed by atoms with Crippen molar-refractivity contribution >= 4 is 11.6 Å². The van der Waals surface area contributed by atoms with Gasteiger partial charge in [0, 0.05) is 24.1 Å². The lowest BCUT2D eigenvalue weighted by molar-refractivity contribution is -0.122. The minimum absolute atomic E-state index is 0.205. The van der Waals surface area contributed by atoms with Crippen LogP contribution in [0.1, 0.15) is 6.92 Å². The molecular weight excluding hydrogens is 272 g/mol. The van der Waals surface area contributed by atoms with Gasteiger partial charge in [0.1, 0.15) is 5.75 Å². The number of rotatable bonds is 4. The molecule has 0 fully saturated rings. The van der Waals surface area contributed by atoms with E-state index in [2.05, 4.69) is 10.3 Å². The van der Waals surface area contributed by atoms with E-state index in [0.717, 1.165) is 0 Å². The molecule has 0 radical (unpaired) electrons. The zero-order valence-corrected chi connectivity index (χ0v) is 11.4. The summed E-state index contributed by atoms with van der Waals surface area (Å²) in [7, 11) is 0. The van der Waals surface area contributed by atoms with Gasteiger partial charge in [0.05, 0.1) is 0 Å². The van der Waals surface area contributed by atoms with Crippen LogP contribution in [0.4, 0.5) is 5.69 Å². The second kappa shape index (κ2) is 5.70. The van der Waals surface area contributed by atoms with Gasteiger partial charge in [-0.3, -0.25) is 9.78 Å². The van der Waals surface area contributed by atoms with Gasteiger partial charge in [0.25, 0.3) is 5.91 Å². The summed E-state index contributed by atoms with van der Waals surface area (Å²) in [5.74, 6) is 1.61. The number of nitrogens with zero attached hydrogens (tertiary/aromatic N) is 1. The lowest BCUT2D eigenvalue weighted by Gasteiger charge is -2.14. The lowest BCUT2D eigenvalue weighted by Crippen LogP contribution is -2.30. The summed E-state index contributed by atoms with van der Waals surface area (Å²) in [5.41, 5.74) is 0.677. The molecule has 1 aliphatic heterocycles. The van der Waals surface area contributed by atoms with Crippen LogP contribution in [0.5, 0.6) is 17.2 Å². The molecule has 0 spiro atoms. The van der Waals surface area contributed by atoms with Crippen molar-refractivity contribution in [2.75, 3.05) is 12.1 Å². The van der Waals surface area contributed by atoms with Crippen LogP contribution >= 0.6 is 0 Å². The summed E-state index contributed by atoms with van der Waals surface area (Å²) >= 11 is 0. The lowest BCUT2D eigenvalue weighted by atomic mass is 10.3. The van der Waals surface area contributed by atoms with E-state index < -0.39 is 6.10 Å². The molecule has 21 heavy (non-hydrogen) atoms. The van der Waals surface area contributed by atoms with Crippen molar-refractivity contribution in [1.29, 1.82) is 0 Å². The Morgan fingerprint density at radius 3 is 2.81 bits per heavy atom. The van der Waals surface area contributed by atoms with Crippen LogP contribution in [0.25, 0.3) is 0 Å². The Kier molecular flexibility index (Phi) is 3.59. The molecule has 0 unspecified atom stereocenters. The zero-order chi connectivity index (χ0) is 14.7. The highest BCUT2D eigenvalue weighted by molar-refractivity contribution is 5.94. The summed E-state index contributed by atoms with van der Waals surface area (Å²) in [6, 6.07) is 8.63. The molecule has 2 aromatic rings. The van der Waals surface area contributed by atoms with Crippen molar-refractivity contribution in [2.24, 2.45) is 0 Å². The van der Waals surface area contributed by atoms with E-state index in [4.69, 9.17) is 14.2 Å². The van der Waals surface area contributed by atoms with Crippen LogP contribution in [-0.2, 0) is 4.79 Å². The van der Waals surface area contributed by atoms with Gasteiger partial charge in [-0.25, -0.2) is 0 Å². The monoisotopic (exact) mass is 286 g/mol.